The minimum absolute atomic E-state index is 0.271. The van der Waals surface area contributed by atoms with Gasteiger partial charge in [-0.15, -0.1) is 0 Å². The van der Waals surface area contributed by atoms with Gasteiger partial charge in [0.05, 0.1) is 0 Å². The van der Waals surface area contributed by atoms with E-state index in [-0.39, 0.29) is 11.4 Å². The van der Waals surface area contributed by atoms with Crippen LogP contribution in [0.2, 0.25) is 0 Å². The van der Waals surface area contributed by atoms with E-state index in [1.54, 1.807) is 0 Å². The average Bonchev–Trinajstić information content (AvgIpc) is 1.99. The molecule has 1 aliphatic rings. The van der Waals surface area contributed by atoms with Crippen molar-refractivity contribution in [3.63, 3.8) is 0 Å². The molecule has 0 saturated carbocycles. The Labute approximate surface area is 79.5 Å². The maximum absolute atomic E-state index is 11.4. The topological polar surface area (TPSA) is 58.4 Å². The number of nitrogens with zero attached hydrogens (tertiary/aromatic N) is 1. The number of nitrogens with one attached hydrogen (secondary N) is 1. The van der Waals surface area contributed by atoms with E-state index in [1.165, 1.54) is 0 Å². The molecule has 0 aliphatic carbocycles. The van der Waals surface area contributed by atoms with Crippen molar-refractivity contribution < 1.29 is 4.79 Å². The highest BCUT2D eigenvalue weighted by Crippen LogP contribution is 2.29. The van der Waals surface area contributed by atoms with Gasteiger partial charge in [-0.2, -0.15) is 0 Å². The minimum Gasteiger partial charge on any atom is -0.368 e. The second-order valence-corrected chi connectivity index (χ2v) is 4.41. The molecule has 13 heavy (non-hydrogen) atoms. The number of hydrogen-bond acceptors (Lipinski definition) is 3. The first-order chi connectivity index (χ1) is 5.82. The second kappa shape index (κ2) is 2.96. The van der Waals surface area contributed by atoms with Crippen LogP contribution in [0.3, 0.4) is 0 Å². The van der Waals surface area contributed by atoms with Crippen LogP contribution in [0.5, 0.6) is 0 Å². The molecule has 1 atom stereocenters. The summed E-state index contributed by atoms with van der Waals surface area (Å²) in [5.74, 6) is -0.271. The normalized spacial score (nSPS) is 34.5. The summed E-state index contributed by atoms with van der Waals surface area (Å²) in [7, 11) is 1.94. The van der Waals surface area contributed by atoms with Crippen LogP contribution >= 0.6 is 0 Å². The van der Waals surface area contributed by atoms with Crippen molar-refractivity contribution in [1.82, 2.24) is 10.2 Å². The molecule has 1 fully saturated rings. The van der Waals surface area contributed by atoms with Gasteiger partial charge in [0, 0.05) is 18.6 Å². The molecule has 1 amide bonds. The number of primary amides is 1. The summed E-state index contributed by atoms with van der Waals surface area (Å²) in [4.78, 5) is 13.5. The first kappa shape index (κ1) is 10.5. The molecule has 0 radical (unpaired) electrons. The smallest absolute Gasteiger partial charge is 0.239 e. The Bertz CT molecular complexity index is 227. The highest BCUT2D eigenvalue weighted by Gasteiger charge is 2.50. The predicted molar refractivity (Wildman–Crippen MR) is 52.3 cm³/mol. The molecule has 76 valence electrons. The first-order valence-corrected chi connectivity index (χ1v) is 4.58. The van der Waals surface area contributed by atoms with Crippen LogP contribution in [0, 0.1) is 0 Å². The molecule has 4 heteroatoms. The first-order valence-electron chi connectivity index (χ1n) is 4.58. The monoisotopic (exact) mass is 185 g/mol. The van der Waals surface area contributed by atoms with Crippen molar-refractivity contribution in [3.05, 3.63) is 0 Å². The van der Waals surface area contributed by atoms with Gasteiger partial charge in [-0.25, -0.2) is 0 Å². The van der Waals surface area contributed by atoms with E-state index < -0.39 is 5.54 Å². The number of carbonyl (C=O) groups is 1. The van der Waals surface area contributed by atoms with Crippen molar-refractivity contribution in [2.75, 3.05) is 20.1 Å². The highest BCUT2D eigenvalue weighted by molar-refractivity contribution is 5.86. The number of rotatable bonds is 1. The predicted octanol–water partition coefficient (Wildman–Crippen LogP) is -0.456. The molecule has 3 N–H and O–H groups in total. The lowest BCUT2D eigenvalue weighted by Crippen LogP contribution is -2.74. The SMILES string of the molecule is CN1CCNC(C)(C)C1(C)C(N)=O. The fourth-order valence-corrected chi connectivity index (χ4v) is 1.91. The van der Waals surface area contributed by atoms with Gasteiger partial charge >= 0.3 is 0 Å². The van der Waals surface area contributed by atoms with E-state index in [4.69, 9.17) is 5.73 Å². The number of carbonyl (C=O) groups excluding carboxylic acids is 1. The lowest BCUT2D eigenvalue weighted by molar-refractivity contribution is -0.135. The van der Waals surface area contributed by atoms with E-state index in [1.807, 2.05) is 32.7 Å². The Balaban J connectivity index is 3.05. The number of nitrogens with two attached hydrogens (primary N) is 1. The molecule has 0 spiro atoms. The zero-order valence-electron chi connectivity index (χ0n) is 8.85. The van der Waals surface area contributed by atoms with Gasteiger partial charge < -0.3 is 11.1 Å². The molecule has 1 rings (SSSR count). The average molecular weight is 185 g/mol. The van der Waals surface area contributed by atoms with Crippen LogP contribution in [0.25, 0.3) is 0 Å². The zero-order chi connectivity index (χ0) is 10.3. The largest absolute Gasteiger partial charge is 0.368 e. The van der Waals surface area contributed by atoms with Crippen LogP contribution in [0.4, 0.5) is 0 Å². The molecule has 1 unspecified atom stereocenters. The van der Waals surface area contributed by atoms with Crippen LogP contribution in [-0.2, 0) is 4.79 Å². The standard InChI is InChI=1S/C9H19N3O/c1-8(2)9(3,7(10)13)12(4)6-5-11-8/h11H,5-6H2,1-4H3,(H2,10,13). The van der Waals surface area contributed by atoms with E-state index >= 15 is 0 Å². The van der Waals surface area contributed by atoms with Gasteiger partial charge in [0.1, 0.15) is 5.54 Å². The third-order valence-corrected chi connectivity index (χ3v) is 3.47. The Morgan fingerprint density at radius 2 is 2.00 bits per heavy atom. The molecule has 0 aromatic rings. The van der Waals surface area contributed by atoms with Crippen LogP contribution in [0.1, 0.15) is 20.8 Å². The number of amides is 1. The highest BCUT2D eigenvalue weighted by atomic mass is 16.1. The van der Waals surface area contributed by atoms with Gasteiger partial charge in [-0.3, -0.25) is 9.69 Å². The lowest BCUT2D eigenvalue weighted by Gasteiger charge is -2.52. The third-order valence-electron chi connectivity index (χ3n) is 3.47. The number of likely N-dealkylation sites (N-methyl/N-ethyl adjacent to an activating group) is 1. The summed E-state index contributed by atoms with van der Waals surface area (Å²) in [6, 6.07) is 0. The molecule has 1 saturated heterocycles. The number of piperazine rings is 1. The fourth-order valence-electron chi connectivity index (χ4n) is 1.91. The van der Waals surface area contributed by atoms with E-state index in [0.29, 0.717) is 0 Å². The van der Waals surface area contributed by atoms with E-state index in [0.717, 1.165) is 13.1 Å². The van der Waals surface area contributed by atoms with E-state index in [2.05, 4.69) is 5.32 Å². The molecule has 1 heterocycles. The van der Waals surface area contributed by atoms with Crippen molar-refractivity contribution in [2.24, 2.45) is 5.73 Å². The molecule has 1 aliphatic heterocycles. The van der Waals surface area contributed by atoms with Crippen molar-refractivity contribution in [3.8, 4) is 0 Å². The van der Waals surface area contributed by atoms with E-state index in [9.17, 15) is 4.79 Å². The summed E-state index contributed by atoms with van der Waals surface area (Å²) in [5, 5.41) is 3.32. The van der Waals surface area contributed by atoms with Crippen molar-refractivity contribution >= 4 is 5.91 Å². The van der Waals surface area contributed by atoms with Crippen molar-refractivity contribution in [1.29, 1.82) is 0 Å². The van der Waals surface area contributed by atoms with Gasteiger partial charge in [0.25, 0.3) is 0 Å². The van der Waals surface area contributed by atoms with Gasteiger partial charge in [0.2, 0.25) is 5.91 Å². The molecular weight excluding hydrogens is 166 g/mol. The molecule has 0 aromatic carbocycles. The third kappa shape index (κ3) is 1.34. The fraction of sp³-hybridized carbons (Fsp3) is 0.889. The quantitative estimate of drug-likeness (QED) is 0.581. The Morgan fingerprint density at radius 1 is 1.46 bits per heavy atom. The van der Waals surface area contributed by atoms with Crippen LogP contribution < -0.4 is 11.1 Å². The maximum Gasteiger partial charge on any atom is 0.239 e. The summed E-state index contributed by atoms with van der Waals surface area (Å²) in [5.41, 5.74) is 4.57. The van der Waals surface area contributed by atoms with Gasteiger partial charge in [-0.05, 0) is 27.8 Å². The molecular formula is C9H19N3O. The Kier molecular flexibility index (Phi) is 2.38. The minimum atomic E-state index is -0.606. The molecule has 0 bridgehead atoms. The van der Waals surface area contributed by atoms with Gasteiger partial charge in [-0.1, -0.05) is 0 Å². The summed E-state index contributed by atoms with van der Waals surface area (Å²) in [6.45, 7) is 7.65. The lowest BCUT2D eigenvalue weighted by atomic mass is 9.77. The molecule has 4 nitrogen and oxygen atoms in total. The molecule has 0 aromatic heterocycles. The summed E-state index contributed by atoms with van der Waals surface area (Å²) < 4.78 is 0. The Morgan fingerprint density at radius 3 is 2.31 bits per heavy atom. The summed E-state index contributed by atoms with van der Waals surface area (Å²) in [6.07, 6.45) is 0. The zero-order valence-corrected chi connectivity index (χ0v) is 8.85. The Hall–Kier alpha value is -0.610. The van der Waals surface area contributed by atoms with Gasteiger partial charge in [0.15, 0.2) is 0 Å². The second-order valence-electron chi connectivity index (χ2n) is 4.41. The van der Waals surface area contributed by atoms with Crippen LogP contribution in [0.15, 0.2) is 0 Å². The summed E-state index contributed by atoms with van der Waals surface area (Å²) >= 11 is 0. The number of hydrogen-bond donors (Lipinski definition) is 2. The van der Waals surface area contributed by atoms with Crippen LogP contribution in [-0.4, -0.2) is 42.0 Å². The maximum atomic E-state index is 11.4. The van der Waals surface area contributed by atoms with Crippen molar-refractivity contribution in [2.45, 2.75) is 31.8 Å².